The first-order chi connectivity index (χ1) is 11.5. The fraction of sp³-hybridized carbons (Fsp3) is 0.263. The van der Waals surface area contributed by atoms with Crippen molar-refractivity contribution in [2.24, 2.45) is 0 Å². The zero-order chi connectivity index (χ0) is 17.5. The number of hydrogen-bond acceptors (Lipinski definition) is 3. The summed E-state index contributed by atoms with van der Waals surface area (Å²) >= 11 is 0. The fourth-order valence-electron chi connectivity index (χ4n) is 2.15. The first-order valence-corrected chi connectivity index (χ1v) is 7.92. The molecule has 0 aliphatic carbocycles. The summed E-state index contributed by atoms with van der Waals surface area (Å²) < 4.78 is 5.64. The zero-order valence-corrected chi connectivity index (χ0v) is 14.1. The molecule has 1 unspecified atom stereocenters. The van der Waals surface area contributed by atoms with Gasteiger partial charge < -0.3 is 15.4 Å². The summed E-state index contributed by atoms with van der Waals surface area (Å²) in [6.45, 7) is 6.02. The molecule has 2 aromatic rings. The lowest BCUT2D eigenvalue weighted by atomic mass is 10.1. The molecule has 2 aromatic carbocycles. The van der Waals surface area contributed by atoms with E-state index in [9.17, 15) is 9.59 Å². The molecule has 2 rings (SSSR count). The predicted molar refractivity (Wildman–Crippen MR) is 94.3 cm³/mol. The van der Waals surface area contributed by atoms with Crippen LogP contribution in [-0.2, 0) is 4.79 Å². The number of ether oxygens (including phenoxy) is 1. The normalized spacial score (nSPS) is 11.5. The number of amides is 2. The molecule has 0 fully saturated rings. The molecule has 126 valence electrons. The minimum atomic E-state index is -0.685. The molecule has 0 radical (unpaired) electrons. The highest BCUT2D eigenvalue weighted by Gasteiger charge is 2.18. The van der Waals surface area contributed by atoms with Gasteiger partial charge in [0, 0.05) is 6.54 Å². The van der Waals surface area contributed by atoms with Crippen molar-refractivity contribution in [1.29, 1.82) is 0 Å². The lowest BCUT2D eigenvalue weighted by molar-refractivity contribution is -0.122. The van der Waals surface area contributed by atoms with Gasteiger partial charge in [-0.2, -0.15) is 0 Å². The summed E-state index contributed by atoms with van der Waals surface area (Å²) in [6, 6.07) is 14.4. The maximum atomic E-state index is 12.3. The maximum Gasteiger partial charge on any atom is 0.265 e. The molecule has 2 N–H and O–H groups in total. The summed E-state index contributed by atoms with van der Waals surface area (Å²) in [4.78, 5) is 24.4. The molecular weight excluding hydrogens is 304 g/mol. The third kappa shape index (κ3) is 4.59. The predicted octanol–water partition coefficient (Wildman–Crippen LogP) is 3.15. The first kappa shape index (κ1) is 17.5. The van der Waals surface area contributed by atoms with Gasteiger partial charge in [-0.25, -0.2) is 0 Å². The Bertz CT molecular complexity index is 711. The van der Waals surface area contributed by atoms with Gasteiger partial charge in [0.1, 0.15) is 5.75 Å². The summed E-state index contributed by atoms with van der Waals surface area (Å²) in [6.07, 6.45) is -0.685. The summed E-state index contributed by atoms with van der Waals surface area (Å²) in [7, 11) is 0. The summed E-state index contributed by atoms with van der Waals surface area (Å²) in [5.41, 5.74) is 2.01. The van der Waals surface area contributed by atoms with Crippen LogP contribution >= 0.6 is 0 Å². The van der Waals surface area contributed by atoms with E-state index in [1.54, 1.807) is 31.2 Å². The Labute approximate surface area is 142 Å². The van der Waals surface area contributed by atoms with Crippen molar-refractivity contribution in [2.75, 3.05) is 11.9 Å². The SMILES string of the molecule is CCNC(=O)c1ccccc1NC(=O)C(C)Oc1ccc(C)cc1. The monoisotopic (exact) mass is 326 g/mol. The van der Waals surface area contributed by atoms with Gasteiger partial charge in [0.15, 0.2) is 6.10 Å². The molecule has 2 amide bonds. The number of aryl methyl sites for hydroxylation is 1. The molecule has 5 nitrogen and oxygen atoms in total. The van der Waals surface area contributed by atoms with Crippen LogP contribution in [0.1, 0.15) is 29.8 Å². The molecule has 0 heterocycles. The van der Waals surface area contributed by atoms with E-state index < -0.39 is 6.10 Å². The Balaban J connectivity index is 2.06. The maximum absolute atomic E-state index is 12.3. The number of para-hydroxylation sites is 1. The number of nitrogens with one attached hydrogen (secondary N) is 2. The van der Waals surface area contributed by atoms with Crippen molar-refractivity contribution in [3.8, 4) is 5.75 Å². The molecule has 0 saturated heterocycles. The van der Waals surface area contributed by atoms with Crippen LogP contribution in [0.25, 0.3) is 0 Å². The second-order valence-corrected chi connectivity index (χ2v) is 5.47. The summed E-state index contributed by atoms with van der Waals surface area (Å²) in [5.74, 6) is 0.0908. The number of carbonyl (C=O) groups is 2. The Morgan fingerprint density at radius 3 is 2.42 bits per heavy atom. The number of benzene rings is 2. The number of anilines is 1. The van der Waals surface area contributed by atoms with Gasteiger partial charge in [-0.15, -0.1) is 0 Å². The van der Waals surface area contributed by atoms with Crippen LogP contribution in [0.2, 0.25) is 0 Å². The standard InChI is InChI=1S/C19H22N2O3/c1-4-20-19(23)16-7-5-6-8-17(16)21-18(22)14(3)24-15-11-9-13(2)10-12-15/h5-12,14H,4H2,1-3H3,(H,20,23)(H,21,22). The van der Waals surface area contributed by atoms with Crippen molar-refractivity contribution in [1.82, 2.24) is 5.32 Å². The van der Waals surface area contributed by atoms with E-state index in [-0.39, 0.29) is 11.8 Å². The van der Waals surface area contributed by atoms with E-state index in [1.165, 1.54) is 0 Å². The van der Waals surface area contributed by atoms with Crippen molar-refractivity contribution in [2.45, 2.75) is 26.9 Å². The molecule has 1 atom stereocenters. The third-order valence-electron chi connectivity index (χ3n) is 3.47. The molecule has 0 spiro atoms. The van der Waals surface area contributed by atoms with Crippen molar-refractivity contribution in [3.05, 3.63) is 59.7 Å². The van der Waals surface area contributed by atoms with Gasteiger partial charge in [0.05, 0.1) is 11.3 Å². The fourth-order valence-corrected chi connectivity index (χ4v) is 2.15. The van der Waals surface area contributed by atoms with E-state index in [0.29, 0.717) is 23.5 Å². The van der Waals surface area contributed by atoms with Gasteiger partial charge in [0.2, 0.25) is 0 Å². The van der Waals surface area contributed by atoms with E-state index in [1.807, 2.05) is 38.1 Å². The second kappa shape index (κ2) is 8.15. The Morgan fingerprint density at radius 2 is 1.75 bits per heavy atom. The highest BCUT2D eigenvalue weighted by Crippen LogP contribution is 2.17. The van der Waals surface area contributed by atoms with Crippen LogP contribution < -0.4 is 15.4 Å². The molecule has 24 heavy (non-hydrogen) atoms. The number of rotatable bonds is 6. The lowest BCUT2D eigenvalue weighted by Gasteiger charge is -2.16. The largest absolute Gasteiger partial charge is 0.481 e. The van der Waals surface area contributed by atoms with Crippen LogP contribution in [-0.4, -0.2) is 24.5 Å². The van der Waals surface area contributed by atoms with Crippen molar-refractivity contribution in [3.63, 3.8) is 0 Å². The molecule has 0 aliphatic rings. The van der Waals surface area contributed by atoms with Gasteiger partial charge in [-0.1, -0.05) is 29.8 Å². The highest BCUT2D eigenvalue weighted by atomic mass is 16.5. The van der Waals surface area contributed by atoms with Crippen LogP contribution in [0.4, 0.5) is 5.69 Å². The lowest BCUT2D eigenvalue weighted by Crippen LogP contribution is -2.31. The third-order valence-corrected chi connectivity index (χ3v) is 3.47. The quantitative estimate of drug-likeness (QED) is 0.857. The van der Waals surface area contributed by atoms with Crippen molar-refractivity contribution < 1.29 is 14.3 Å². The van der Waals surface area contributed by atoms with E-state index in [0.717, 1.165) is 5.56 Å². The minimum absolute atomic E-state index is 0.222. The second-order valence-electron chi connectivity index (χ2n) is 5.47. The molecule has 0 saturated carbocycles. The Morgan fingerprint density at radius 1 is 1.08 bits per heavy atom. The Hall–Kier alpha value is -2.82. The van der Waals surface area contributed by atoms with Crippen molar-refractivity contribution >= 4 is 17.5 Å². The highest BCUT2D eigenvalue weighted by molar-refractivity contribution is 6.04. The minimum Gasteiger partial charge on any atom is -0.481 e. The first-order valence-electron chi connectivity index (χ1n) is 7.92. The zero-order valence-electron chi connectivity index (χ0n) is 14.1. The van der Waals surface area contributed by atoms with Crippen LogP contribution in [0, 0.1) is 6.92 Å². The number of carbonyl (C=O) groups excluding carboxylic acids is 2. The van der Waals surface area contributed by atoms with Gasteiger partial charge in [0.25, 0.3) is 11.8 Å². The van der Waals surface area contributed by atoms with Gasteiger partial charge in [-0.05, 0) is 45.0 Å². The van der Waals surface area contributed by atoms with Crippen LogP contribution in [0.5, 0.6) is 5.75 Å². The molecule has 5 heteroatoms. The number of hydrogen-bond donors (Lipinski definition) is 2. The van der Waals surface area contributed by atoms with Gasteiger partial charge in [-0.3, -0.25) is 9.59 Å². The summed E-state index contributed by atoms with van der Waals surface area (Å²) in [5, 5.41) is 5.48. The molecule has 0 bridgehead atoms. The van der Waals surface area contributed by atoms with E-state index in [4.69, 9.17) is 4.74 Å². The van der Waals surface area contributed by atoms with Gasteiger partial charge >= 0.3 is 0 Å². The molecule has 0 aromatic heterocycles. The molecule has 0 aliphatic heterocycles. The average molecular weight is 326 g/mol. The average Bonchev–Trinajstić information content (AvgIpc) is 2.57. The smallest absolute Gasteiger partial charge is 0.265 e. The molecular formula is C19H22N2O3. The van der Waals surface area contributed by atoms with Crippen LogP contribution in [0.3, 0.4) is 0 Å². The van der Waals surface area contributed by atoms with Crippen LogP contribution in [0.15, 0.2) is 48.5 Å². The van der Waals surface area contributed by atoms with E-state index in [2.05, 4.69) is 10.6 Å². The topological polar surface area (TPSA) is 67.4 Å². The van der Waals surface area contributed by atoms with E-state index >= 15 is 0 Å². The Kier molecular flexibility index (Phi) is 5.95.